The van der Waals surface area contributed by atoms with Crippen LogP contribution in [0.5, 0.6) is 0 Å². The van der Waals surface area contributed by atoms with Crippen LogP contribution in [0.1, 0.15) is 22.6 Å². The summed E-state index contributed by atoms with van der Waals surface area (Å²) in [5.74, 6) is -0.768. The van der Waals surface area contributed by atoms with Crippen molar-refractivity contribution < 1.29 is 14.5 Å². The first-order chi connectivity index (χ1) is 11.3. The Bertz CT molecular complexity index is 792. The van der Waals surface area contributed by atoms with E-state index in [9.17, 15) is 19.7 Å². The van der Waals surface area contributed by atoms with Gasteiger partial charge in [0.2, 0.25) is 5.91 Å². The molecule has 0 aliphatic carbocycles. The summed E-state index contributed by atoms with van der Waals surface area (Å²) in [6.07, 6.45) is 2.71. The van der Waals surface area contributed by atoms with Gasteiger partial charge in [-0.2, -0.15) is 10.2 Å². The van der Waals surface area contributed by atoms with E-state index in [1.165, 1.54) is 22.6 Å². The Morgan fingerprint density at radius 3 is 2.71 bits per heavy atom. The molecule has 11 heteroatoms. The maximum Gasteiger partial charge on any atom is 0.309 e. The van der Waals surface area contributed by atoms with Gasteiger partial charge in [0.25, 0.3) is 5.91 Å². The van der Waals surface area contributed by atoms with Crippen molar-refractivity contribution in [2.45, 2.75) is 19.9 Å². The van der Waals surface area contributed by atoms with E-state index in [-0.39, 0.29) is 30.3 Å². The lowest BCUT2D eigenvalue weighted by molar-refractivity contribution is -0.385. The van der Waals surface area contributed by atoms with Gasteiger partial charge in [-0.3, -0.25) is 29.1 Å². The molecule has 0 aliphatic heterocycles. The molecule has 0 atom stereocenters. The van der Waals surface area contributed by atoms with Crippen LogP contribution in [-0.2, 0) is 18.4 Å². The van der Waals surface area contributed by atoms with E-state index in [2.05, 4.69) is 20.8 Å². The molecule has 2 N–H and O–H groups in total. The van der Waals surface area contributed by atoms with Gasteiger partial charge in [0.05, 0.1) is 17.2 Å². The van der Waals surface area contributed by atoms with Crippen molar-refractivity contribution in [2.75, 3.05) is 12.4 Å². The van der Waals surface area contributed by atoms with E-state index in [1.807, 2.05) is 0 Å². The van der Waals surface area contributed by atoms with E-state index in [1.54, 1.807) is 14.0 Å². The Morgan fingerprint density at radius 1 is 1.42 bits per heavy atom. The van der Waals surface area contributed by atoms with Gasteiger partial charge in [-0.1, -0.05) is 0 Å². The molecule has 0 unspecified atom stereocenters. The first kappa shape index (κ1) is 17.1. The third kappa shape index (κ3) is 3.56. The molecule has 0 radical (unpaired) electrons. The first-order valence-corrected chi connectivity index (χ1v) is 7.05. The largest absolute Gasteiger partial charge is 0.354 e. The fourth-order valence-corrected chi connectivity index (χ4v) is 2.13. The second-order valence-electron chi connectivity index (χ2n) is 5.04. The van der Waals surface area contributed by atoms with Crippen LogP contribution in [0.15, 0.2) is 12.4 Å². The highest BCUT2D eigenvalue weighted by Crippen LogP contribution is 2.17. The third-order valence-electron chi connectivity index (χ3n) is 3.37. The van der Waals surface area contributed by atoms with Gasteiger partial charge in [-0.25, -0.2) is 0 Å². The van der Waals surface area contributed by atoms with Crippen molar-refractivity contribution in [2.24, 2.45) is 7.05 Å². The van der Waals surface area contributed by atoms with Crippen molar-refractivity contribution >= 4 is 23.2 Å². The molecule has 2 aromatic heterocycles. The number of nitrogens with zero attached hydrogens (tertiary/aromatic N) is 5. The molecular weight excluding hydrogens is 318 g/mol. The van der Waals surface area contributed by atoms with Crippen LogP contribution in [0.4, 0.5) is 11.4 Å². The predicted molar refractivity (Wildman–Crippen MR) is 83.5 cm³/mol. The molecular formula is C13H17N7O4. The monoisotopic (exact) mass is 335 g/mol. The minimum Gasteiger partial charge on any atom is -0.354 e. The topological polar surface area (TPSA) is 137 Å². The summed E-state index contributed by atoms with van der Waals surface area (Å²) in [4.78, 5) is 34.0. The zero-order chi connectivity index (χ0) is 17.9. The Kier molecular flexibility index (Phi) is 4.92. The van der Waals surface area contributed by atoms with Crippen molar-refractivity contribution in [1.82, 2.24) is 24.9 Å². The number of anilines is 1. The lowest BCUT2D eigenvalue weighted by Crippen LogP contribution is -2.22. The highest BCUT2D eigenvalue weighted by molar-refractivity contribution is 6.02. The fourth-order valence-electron chi connectivity index (χ4n) is 2.13. The van der Waals surface area contributed by atoms with Gasteiger partial charge in [-0.15, -0.1) is 0 Å². The average molecular weight is 335 g/mol. The van der Waals surface area contributed by atoms with Gasteiger partial charge in [0.15, 0.2) is 5.69 Å². The predicted octanol–water partition coefficient (Wildman–Crippen LogP) is 0.222. The average Bonchev–Trinajstić information content (AvgIpc) is 3.07. The summed E-state index contributed by atoms with van der Waals surface area (Å²) >= 11 is 0. The summed E-state index contributed by atoms with van der Waals surface area (Å²) in [5.41, 5.74) is 0.689. The molecule has 0 bridgehead atoms. The highest BCUT2D eigenvalue weighted by Gasteiger charge is 2.19. The van der Waals surface area contributed by atoms with E-state index >= 15 is 0 Å². The van der Waals surface area contributed by atoms with E-state index in [0.717, 1.165) is 6.20 Å². The Balaban J connectivity index is 2.02. The number of aryl methyl sites for hydroxylation is 2. The Hall–Kier alpha value is -3.24. The molecule has 11 nitrogen and oxygen atoms in total. The third-order valence-corrected chi connectivity index (χ3v) is 3.37. The standard InChI is InChI=1S/C13H17N7O4/c1-8-10(20(23)24)6-15-19(8)5-4-11(21)16-9-7-18(3)17-12(9)13(22)14-2/h6-7H,4-5H2,1-3H3,(H,14,22)(H,16,21). The lowest BCUT2D eigenvalue weighted by atomic mass is 10.3. The van der Waals surface area contributed by atoms with Crippen LogP contribution >= 0.6 is 0 Å². The minimum absolute atomic E-state index is 0.0434. The quantitative estimate of drug-likeness (QED) is 0.572. The molecule has 0 aliphatic rings. The van der Waals surface area contributed by atoms with Crippen LogP contribution in [0.2, 0.25) is 0 Å². The van der Waals surface area contributed by atoms with E-state index in [4.69, 9.17) is 0 Å². The maximum atomic E-state index is 12.1. The van der Waals surface area contributed by atoms with Gasteiger partial charge < -0.3 is 10.6 Å². The van der Waals surface area contributed by atoms with Gasteiger partial charge in [0.1, 0.15) is 11.9 Å². The smallest absolute Gasteiger partial charge is 0.309 e. The molecule has 0 fully saturated rings. The minimum atomic E-state index is -0.524. The normalized spacial score (nSPS) is 10.5. The second-order valence-corrected chi connectivity index (χ2v) is 5.04. The number of nitro groups is 1. The van der Waals surface area contributed by atoms with Gasteiger partial charge in [-0.05, 0) is 6.92 Å². The number of carbonyl (C=O) groups is 2. The van der Waals surface area contributed by atoms with E-state index < -0.39 is 10.8 Å². The van der Waals surface area contributed by atoms with Crippen molar-refractivity contribution in [3.63, 3.8) is 0 Å². The van der Waals surface area contributed by atoms with Crippen molar-refractivity contribution in [3.8, 4) is 0 Å². The summed E-state index contributed by atoms with van der Waals surface area (Å²) < 4.78 is 2.81. The van der Waals surface area contributed by atoms with Crippen LogP contribution < -0.4 is 10.6 Å². The van der Waals surface area contributed by atoms with Gasteiger partial charge >= 0.3 is 5.69 Å². The summed E-state index contributed by atoms with van der Waals surface area (Å²) in [7, 11) is 3.10. The number of hydrogen-bond acceptors (Lipinski definition) is 6. The number of aromatic nitrogens is 4. The Labute approximate surface area is 136 Å². The molecule has 2 aromatic rings. The molecule has 24 heavy (non-hydrogen) atoms. The highest BCUT2D eigenvalue weighted by atomic mass is 16.6. The van der Waals surface area contributed by atoms with E-state index in [0.29, 0.717) is 11.4 Å². The molecule has 0 saturated heterocycles. The molecule has 0 spiro atoms. The molecule has 2 rings (SSSR count). The number of amides is 2. The zero-order valence-corrected chi connectivity index (χ0v) is 13.4. The number of carbonyl (C=O) groups excluding carboxylic acids is 2. The summed E-state index contributed by atoms with van der Waals surface area (Å²) in [6, 6.07) is 0. The zero-order valence-electron chi connectivity index (χ0n) is 13.4. The number of hydrogen-bond donors (Lipinski definition) is 2. The van der Waals surface area contributed by atoms with Crippen LogP contribution in [0.3, 0.4) is 0 Å². The molecule has 2 amide bonds. The maximum absolute atomic E-state index is 12.1. The Morgan fingerprint density at radius 2 is 2.12 bits per heavy atom. The summed E-state index contributed by atoms with van der Waals surface area (Å²) in [5, 5.41) is 23.7. The molecule has 2 heterocycles. The molecule has 0 aromatic carbocycles. The van der Waals surface area contributed by atoms with Crippen LogP contribution in [0, 0.1) is 17.0 Å². The van der Waals surface area contributed by atoms with Crippen molar-refractivity contribution in [1.29, 1.82) is 0 Å². The van der Waals surface area contributed by atoms with Crippen LogP contribution in [-0.4, -0.2) is 43.3 Å². The fraction of sp³-hybridized carbons (Fsp3) is 0.385. The molecule has 0 saturated carbocycles. The number of nitrogens with one attached hydrogen (secondary N) is 2. The van der Waals surface area contributed by atoms with Gasteiger partial charge in [0, 0.05) is 26.7 Å². The summed E-state index contributed by atoms with van der Waals surface area (Å²) in [6.45, 7) is 1.74. The van der Waals surface area contributed by atoms with Crippen LogP contribution in [0.25, 0.3) is 0 Å². The number of rotatable bonds is 6. The van der Waals surface area contributed by atoms with Crippen molar-refractivity contribution in [3.05, 3.63) is 33.9 Å². The first-order valence-electron chi connectivity index (χ1n) is 7.05. The molecule has 128 valence electrons. The second kappa shape index (κ2) is 6.89. The lowest BCUT2D eigenvalue weighted by Gasteiger charge is -2.06. The SMILES string of the molecule is CNC(=O)c1nn(C)cc1NC(=O)CCn1ncc([N+](=O)[O-])c1C.